The van der Waals surface area contributed by atoms with Gasteiger partial charge < -0.3 is 5.11 Å². The Balaban J connectivity index is 2.83. The Bertz CT molecular complexity index is 481. The van der Waals surface area contributed by atoms with E-state index in [1.807, 2.05) is 0 Å². The molecule has 0 fully saturated rings. The largest absolute Gasteiger partial charge is 0.392 e. The lowest BCUT2D eigenvalue weighted by atomic mass is 9.61. The molecule has 1 aliphatic rings. The van der Waals surface area contributed by atoms with Crippen LogP contribution in [0.4, 0.5) is 0 Å². The Hall–Kier alpha value is -0.820. The first-order valence-corrected chi connectivity index (χ1v) is 6.95. The van der Waals surface area contributed by atoms with Crippen LogP contribution >= 0.6 is 0 Å². The van der Waals surface area contributed by atoms with E-state index in [1.165, 1.54) is 40.7 Å². The summed E-state index contributed by atoms with van der Waals surface area (Å²) in [6.07, 6.45) is 2.42. The number of aryl methyl sites for hydroxylation is 1. The molecule has 0 bridgehead atoms. The zero-order chi connectivity index (χ0) is 13.7. The van der Waals surface area contributed by atoms with Gasteiger partial charge in [-0.1, -0.05) is 33.8 Å². The first-order valence-electron chi connectivity index (χ1n) is 6.95. The molecule has 0 saturated heterocycles. The maximum absolute atomic E-state index is 9.80. The molecule has 1 aliphatic carbocycles. The average molecular weight is 246 g/mol. The van der Waals surface area contributed by atoms with E-state index in [1.54, 1.807) is 0 Å². The van der Waals surface area contributed by atoms with Crippen LogP contribution in [0.15, 0.2) is 6.07 Å². The number of aliphatic hydroxyl groups excluding tert-OH is 1. The molecule has 1 N–H and O–H groups in total. The number of rotatable bonds is 1. The van der Waals surface area contributed by atoms with Crippen LogP contribution in [0.1, 0.15) is 68.4 Å². The van der Waals surface area contributed by atoms with Gasteiger partial charge in [0, 0.05) is 0 Å². The van der Waals surface area contributed by atoms with E-state index in [2.05, 4.69) is 47.6 Å². The van der Waals surface area contributed by atoms with Gasteiger partial charge in [0.15, 0.2) is 0 Å². The lowest BCUT2D eigenvalue weighted by Crippen LogP contribution is -2.35. The molecule has 0 saturated carbocycles. The Morgan fingerprint density at radius 1 is 1.06 bits per heavy atom. The third-order valence-corrected chi connectivity index (χ3v) is 4.92. The number of aliphatic hydroxyl groups is 1. The molecule has 1 aromatic rings. The number of hydrogen-bond donors (Lipinski definition) is 1. The Morgan fingerprint density at radius 3 is 2.17 bits per heavy atom. The van der Waals surface area contributed by atoms with E-state index in [0.717, 1.165) is 0 Å². The molecule has 0 aromatic heterocycles. The smallest absolute Gasteiger partial charge is 0.0687 e. The molecular formula is C17H26O. The molecule has 0 aliphatic heterocycles. The summed E-state index contributed by atoms with van der Waals surface area (Å²) in [5, 5.41) is 9.80. The maximum atomic E-state index is 9.80. The molecular weight excluding hydrogens is 220 g/mol. The standard InChI is InChI=1S/C17H26O/c1-11-9-14-15(13(10-18)12(11)2)17(5,6)8-7-16(14,3)4/h9,18H,7-8,10H2,1-6H3. The van der Waals surface area contributed by atoms with Crippen LogP contribution in [0.25, 0.3) is 0 Å². The van der Waals surface area contributed by atoms with Gasteiger partial charge in [0.2, 0.25) is 0 Å². The third kappa shape index (κ3) is 1.89. The van der Waals surface area contributed by atoms with Gasteiger partial charge in [-0.3, -0.25) is 0 Å². The fourth-order valence-electron chi connectivity index (χ4n) is 3.37. The van der Waals surface area contributed by atoms with Crippen LogP contribution in [0, 0.1) is 13.8 Å². The summed E-state index contributed by atoms with van der Waals surface area (Å²) in [6, 6.07) is 2.35. The fraction of sp³-hybridized carbons (Fsp3) is 0.647. The average Bonchev–Trinajstić information content (AvgIpc) is 2.27. The minimum Gasteiger partial charge on any atom is -0.392 e. The van der Waals surface area contributed by atoms with E-state index >= 15 is 0 Å². The van der Waals surface area contributed by atoms with E-state index in [9.17, 15) is 5.11 Å². The summed E-state index contributed by atoms with van der Waals surface area (Å²) in [5.74, 6) is 0. The molecule has 1 aromatic carbocycles. The third-order valence-electron chi connectivity index (χ3n) is 4.92. The summed E-state index contributed by atoms with van der Waals surface area (Å²) in [7, 11) is 0. The molecule has 0 radical (unpaired) electrons. The summed E-state index contributed by atoms with van der Waals surface area (Å²) >= 11 is 0. The van der Waals surface area contributed by atoms with Crippen molar-refractivity contribution in [3.8, 4) is 0 Å². The van der Waals surface area contributed by atoms with E-state index < -0.39 is 0 Å². The minimum absolute atomic E-state index is 0.162. The predicted molar refractivity (Wildman–Crippen MR) is 77.1 cm³/mol. The molecule has 0 atom stereocenters. The second kappa shape index (κ2) is 4.09. The van der Waals surface area contributed by atoms with Crippen molar-refractivity contribution in [3.63, 3.8) is 0 Å². The van der Waals surface area contributed by atoms with Crippen molar-refractivity contribution in [2.45, 2.75) is 71.8 Å². The SMILES string of the molecule is Cc1cc2c(c(CO)c1C)C(C)(C)CCC2(C)C. The maximum Gasteiger partial charge on any atom is 0.0687 e. The van der Waals surface area contributed by atoms with Crippen molar-refractivity contribution in [3.05, 3.63) is 33.9 Å². The summed E-state index contributed by atoms with van der Waals surface area (Å²) in [6.45, 7) is 13.7. The number of fused-ring (bicyclic) bond motifs is 1. The van der Waals surface area contributed by atoms with Gasteiger partial charge in [0.05, 0.1) is 6.61 Å². The summed E-state index contributed by atoms with van der Waals surface area (Å²) in [5.41, 5.74) is 7.01. The lowest BCUT2D eigenvalue weighted by molar-refractivity contribution is 0.268. The molecule has 0 spiro atoms. The van der Waals surface area contributed by atoms with Crippen molar-refractivity contribution < 1.29 is 5.11 Å². The second-order valence-electron chi connectivity index (χ2n) is 7.15. The molecule has 100 valence electrons. The van der Waals surface area contributed by atoms with Crippen molar-refractivity contribution in [1.29, 1.82) is 0 Å². The number of benzene rings is 1. The van der Waals surface area contributed by atoms with Crippen LogP contribution in [0.3, 0.4) is 0 Å². The first-order chi connectivity index (χ1) is 8.20. The van der Waals surface area contributed by atoms with E-state index in [0.29, 0.717) is 0 Å². The summed E-state index contributed by atoms with van der Waals surface area (Å²) < 4.78 is 0. The molecule has 18 heavy (non-hydrogen) atoms. The van der Waals surface area contributed by atoms with Crippen molar-refractivity contribution in [2.24, 2.45) is 0 Å². The van der Waals surface area contributed by atoms with Crippen LogP contribution in [-0.4, -0.2) is 5.11 Å². The quantitative estimate of drug-likeness (QED) is 0.789. The highest BCUT2D eigenvalue weighted by atomic mass is 16.3. The van der Waals surface area contributed by atoms with E-state index in [4.69, 9.17) is 0 Å². The lowest BCUT2D eigenvalue weighted by Gasteiger charge is -2.43. The normalized spacial score (nSPS) is 20.6. The zero-order valence-electron chi connectivity index (χ0n) is 12.6. The summed E-state index contributed by atoms with van der Waals surface area (Å²) in [4.78, 5) is 0. The molecule has 0 unspecified atom stereocenters. The van der Waals surface area contributed by atoms with Crippen LogP contribution in [-0.2, 0) is 17.4 Å². The molecule has 1 heteroatoms. The van der Waals surface area contributed by atoms with Gasteiger partial charge in [-0.2, -0.15) is 0 Å². The van der Waals surface area contributed by atoms with Gasteiger partial charge in [-0.05, 0) is 65.3 Å². The van der Waals surface area contributed by atoms with E-state index in [-0.39, 0.29) is 17.4 Å². The fourth-order valence-corrected chi connectivity index (χ4v) is 3.37. The zero-order valence-corrected chi connectivity index (χ0v) is 12.6. The van der Waals surface area contributed by atoms with Crippen LogP contribution < -0.4 is 0 Å². The Kier molecular flexibility index (Phi) is 3.09. The first kappa shape index (κ1) is 13.6. The van der Waals surface area contributed by atoms with Gasteiger partial charge in [-0.15, -0.1) is 0 Å². The van der Waals surface area contributed by atoms with Crippen molar-refractivity contribution >= 4 is 0 Å². The molecule has 0 heterocycles. The van der Waals surface area contributed by atoms with Gasteiger partial charge in [-0.25, -0.2) is 0 Å². The highest BCUT2D eigenvalue weighted by molar-refractivity contribution is 5.52. The topological polar surface area (TPSA) is 20.2 Å². The number of hydrogen-bond acceptors (Lipinski definition) is 1. The van der Waals surface area contributed by atoms with Crippen molar-refractivity contribution in [1.82, 2.24) is 0 Å². The molecule has 2 rings (SSSR count). The highest BCUT2D eigenvalue weighted by Gasteiger charge is 2.39. The van der Waals surface area contributed by atoms with Gasteiger partial charge in [0.1, 0.15) is 0 Å². The highest BCUT2D eigenvalue weighted by Crippen LogP contribution is 2.48. The van der Waals surface area contributed by atoms with Gasteiger partial charge in [0.25, 0.3) is 0 Å². The van der Waals surface area contributed by atoms with Crippen molar-refractivity contribution in [2.75, 3.05) is 0 Å². The van der Waals surface area contributed by atoms with Crippen LogP contribution in [0.2, 0.25) is 0 Å². The van der Waals surface area contributed by atoms with Crippen LogP contribution in [0.5, 0.6) is 0 Å². The Labute approximate surface area is 111 Å². The minimum atomic E-state index is 0.162. The Morgan fingerprint density at radius 2 is 1.61 bits per heavy atom. The second-order valence-corrected chi connectivity index (χ2v) is 7.15. The monoisotopic (exact) mass is 246 g/mol. The van der Waals surface area contributed by atoms with Gasteiger partial charge >= 0.3 is 0 Å². The molecule has 0 amide bonds. The molecule has 1 nitrogen and oxygen atoms in total. The predicted octanol–water partition coefficient (Wildman–Crippen LogP) is 4.14.